The molecule has 0 unspecified atom stereocenters. The Bertz CT molecular complexity index is 2610. The lowest BCUT2D eigenvalue weighted by atomic mass is 9.88. The third kappa shape index (κ3) is 4.74. The first kappa shape index (κ1) is 21.9. The number of aromatic nitrogens is 4. The van der Waals surface area contributed by atoms with E-state index in [-0.39, 0.29) is 23.2 Å². The van der Waals surface area contributed by atoms with Crippen LogP contribution in [-0.4, -0.2) is 14.1 Å². The van der Waals surface area contributed by atoms with Crippen LogP contribution in [0, 0.1) is 6.33 Å². The Kier molecular flexibility index (Phi) is 5.11. The molecule has 0 saturated heterocycles. The average Bonchev–Trinajstić information content (AvgIpc) is 3.66. The lowest BCUT2D eigenvalue weighted by Gasteiger charge is -2.20. The maximum atomic E-state index is 8.57. The summed E-state index contributed by atoms with van der Waals surface area (Å²) in [7, 11) is 0. The third-order valence-corrected chi connectivity index (χ3v) is 8.07. The van der Waals surface area contributed by atoms with Gasteiger partial charge in [0, 0.05) is 23.0 Å². The van der Waals surface area contributed by atoms with Crippen molar-refractivity contribution in [3.8, 4) is 28.7 Å². The molecule has 0 aliphatic carbocycles. The highest BCUT2D eigenvalue weighted by atomic mass is 16.5. The number of ether oxygens (including phenoxy) is 1. The number of fused-ring (bicyclic) bond motifs is 4. The van der Waals surface area contributed by atoms with E-state index in [2.05, 4.69) is 62.0 Å². The van der Waals surface area contributed by atoms with Crippen LogP contribution < -0.4 is 9.30 Å². The SMILES string of the molecule is [2H]c1c([2H])c([2H])c(-[n+]2[c-]n(-c3cccc(Oc4ccc5c6ccccc6n(-c6cc(C(C)(C)C)ccn6)c5c4)c3)c3ccccc32)c([2H])c1[2H]. The fourth-order valence-corrected chi connectivity index (χ4v) is 5.86. The number of benzene rings is 5. The van der Waals surface area contributed by atoms with E-state index in [1.165, 1.54) is 10.1 Å². The highest BCUT2D eigenvalue weighted by Gasteiger charge is 2.18. The molecule has 0 N–H and O–H groups in total. The van der Waals surface area contributed by atoms with Gasteiger partial charge in [-0.25, -0.2) is 4.98 Å². The van der Waals surface area contributed by atoms with Gasteiger partial charge in [-0.1, -0.05) is 87.4 Å². The standard InChI is InChI=1S/C40H32N4O/c1-40(2,3)28-22-23-41-39(24-28)44-35-17-8-7-16-33(35)34-21-20-32(26-38(34)44)45-31-15-11-14-30(25-31)43-27-42(29-12-5-4-6-13-29)36-18-9-10-19-37(36)43/h4-26H,1-3H3/i4D,5D,6D,12D,13D. The van der Waals surface area contributed by atoms with Crippen LogP contribution in [0.15, 0.2) is 140 Å². The molecule has 5 heteroatoms. The van der Waals surface area contributed by atoms with E-state index in [4.69, 9.17) is 16.6 Å². The molecule has 5 nitrogen and oxygen atoms in total. The number of imidazole rings is 1. The predicted molar refractivity (Wildman–Crippen MR) is 181 cm³/mol. The summed E-state index contributed by atoms with van der Waals surface area (Å²) in [5, 5.41) is 2.22. The molecule has 0 atom stereocenters. The number of rotatable bonds is 5. The van der Waals surface area contributed by atoms with Gasteiger partial charge in [-0.05, 0) is 71.6 Å². The van der Waals surface area contributed by atoms with Crippen molar-refractivity contribution in [2.24, 2.45) is 0 Å². The minimum atomic E-state index is -0.439. The van der Waals surface area contributed by atoms with E-state index >= 15 is 0 Å². The maximum Gasteiger partial charge on any atom is 0.269 e. The minimum Gasteiger partial charge on any atom is -0.458 e. The number of hydrogen-bond acceptors (Lipinski definition) is 2. The molecule has 0 aliphatic rings. The highest BCUT2D eigenvalue weighted by molar-refractivity contribution is 6.09. The van der Waals surface area contributed by atoms with E-state index < -0.39 is 18.1 Å². The zero-order valence-corrected chi connectivity index (χ0v) is 25.1. The molecular weight excluding hydrogens is 552 g/mol. The molecule has 5 aromatic carbocycles. The zero-order valence-electron chi connectivity index (χ0n) is 30.1. The molecule has 0 aliphatic heterocycles. The molecular formula is C40H32N4O. The zero-order chi connectivity index (χ0) is 34.9. The van der Waals surface area contributed by atoms with Gasteiger partial charge in [0.25, 0.3) is 6.33 Å². The van der Waals surface area contributed by atoms with Gasteiger partial charge >= 0.3 is 0 Å². The summed E-state index contributed by atoms with van der Waals surface area (Å²) < 4.78 is 53.6. The van der Waals surface area contributed by atoms with Crippen molar-refractivity contribution in [2.45, 2.75) is 26.2 Å². The second kappa shape index (κ2) is 10.5. The monoisotopic (exact) mass is 589 g/mol. The van der Waals surface area contributed by atoms with Gasteiger partial charge in [-0.15, -0.1) is 0 Å². The molecule has 0 fully saturated rings. The summed E-state index contributed by atoms with van der Waals surface area (Å²) >= 11 is 0. The maximum absolute atomic E-state index is 8.57. The molecule has 0 bridgehead atoms. The summed E-state index contributed by atoms with van der Waals surface area (Å²) in [4.78, 5) is 4.79. The molecule has 3 aromatic heterocycles. The van der Waals surface area contributed by atoms with Gasteiger partial charge in [0.1, 0.15) is 17.3 Å². The van der Waals surface area contributed by atoms with Crippen LogP contribution in [0.2, 0.25) is 0 Å². The molecule has 0 amide bonds. The first-order valence-electron chi connectivity index (χ1n) is 17.3. The Labute approximate surface area is 269 Å². The third-order valence-electron chi connectivity index (χ3n) is 8.07. The summed E-state index contributed by atoms with van der Waals surface area (Å²) in [6, 6.07) is 31.8. The molecule has 0 saturated carbocycles. The summed E-state index contributed by atoms with van der Waals surface area (Å²) in [5.74, 6) is 2.09. The summed E-state index contributed by atoms with van der Waals surface area (Å²) in [6.45, 7) is 6.59. The summed E-state index contributed by atoms with van der Waals surface area (Å²) in [6.07, 6.45) is 5.12. The highest BCUT2D eigenvalue weighted by Crippen LogP contribution is 2.36. The molecule has 0 spiro atoms. The van der Waals surface area contributed by atoms with Gasteiger partial charge in [-0.3, -0.25) is 13.7 Å². The molecule has 8 aromatic rings. The predicted octanol–water partition coefficient (Wildman–Crippen LogP) is 9.29. The Morgan fingerprint density at radius 2 is 1.49 bits per heavy atom. The average molecular weight is 590 g/mol. The van der Waals surface area contributed by atoms with Gasteiger partial charge in [-0.2, -0.15) is 0 Å². The van der Waals surface area contributed by atoms with E-state index in [9.17, 15) is 0 Å². The number of pyridine rings is 1. The second-order valence-electron chi connectivity index (χ2n) is 12.0. The Hall–Kier alpha value is -5.68. The normalized spacial score (nSPS) is 13.4. The molecule has 3 heterocycles. The van der Waals surface area contributed by atoms with Gasteiger partial charge < -0.3 is 4.74 Å². The Morgan fingerprint density at radius 3 is 2.33 bits per heavy atom. The molecule has 45 heavy (non-hydrogen) atoms. The van der Waals surface area contributed by atoms with E-state index in [0.717, 1.165) is 38.8 Å². The van der Waals surface area contributed by atoms with Crippen molar-refractivity contribution in [2.75, 3.05) is 0 Å². The van der Waals surface area contributed by atoms with Crippen LogP contribution in [0.3, 0.4) is 0 Å². The van der Waals surface area contributed by atoms with Crippen molar-refractivity contribution in [3.63, 3.8) is 0 Å². The van der Waals surface area contributed by atoms with Crippen molar-refractivity contribution in [3.05, 3.63) is 151 Å². The smallest absolute Gasteiger partial charge is 0.269 e. The summed E-state index contributed by atoms with van der Waals surface area (Å²) in [5.41, 5.74) is 5.33. The molecule has 8 rings (SSSR count). The van der Waals surface area contributed by atoms with Crippen LogP contribution in [-0.2, 0) is 5.41 Å². The quantitative estimate of drug-likeness (QED) is 0.148. The van der Waals surface area contributed by atoms with Crippen molar-refractivity contribution in [1.29, 1.82) is 0 Å². The van der Waals surface area contributed by atoms with Gasteiger partial charge in [0.15, 0.2) is 0 Å². The van der Waals surface area contributed by atoms with Gasteiger partial charge in [0.05, 0.1) is 40.3 Å². The first-order valence-corrected chi connectivity index (χ1v) is 14.8. The van der Waals surface area contributed by atoms with Crippen LogP contribution in [0.5, 0.6) is 11.5 Å². The minimum absolute atomic E-state index is 0.0320. The number of hydrogen-bond donors (Lipinski definition) is 0. The van der Waals surface area contributed by atoms with Crippen LogP contribution in [0.25, 0.3) is 50.0 Å². The fraction of sp³-hybridized carbons (Fsp3) is 0.100. The fourth-order valence-electron chi connectivity index (χ4n) is 5.86. The largest absolute Gasteiger partial charge is 0.458 e. The van der Waals surface area contributed by atoms with Crippen LogP contribution in [0.4, 0.5) is 0 Å². The van der Waals surface area contributed by atoms with Crippen molar-refractivity contribution < 1.29 is 16.2 Å². The van der Waals surface area contributed by atoms with Crippen molar-refractivity contribution >= 4 is 32.8 Å². The molecule has 0 radical (unpaired) electrons. The van der Waals surface area contributed by atoms with E-state index in [1.807, 2.05) is 79.0 Å². The number of para-hydroxylation sites is 4. The van der Waals surface area contributed by atoms with Gasteiger partial charge in [0.2, 0.25) is 0 Å². The number of nitrogens with zero attached hydrogens (tertiary/aromatic N) is 4. The topological polar surface area (TPSA) is 35.9 Å². The second-order valence-corrected chi connectivity index (χ2v) is 12.0. The van der Waals surface area contributed by atoms with E-state index in [1.54, 1.807) is 4.57 Å². The first-order chi connectivity index (χ1) is 24.0. The molecule has 218 valence electrons. The van der Waals surface area contributed by atoms with Crippen LogP contribution in [0.1, 0.15) is 33.2 Å². The van der Waals surface area contributed by atoms with Crippen molar-refractivity contribution in [1.82, 2.24) is 14.1 Å². The lowest BCUT2D eigenvalue weighted by molar-refractivity contribution is -0.572. The van der Waals surface area contributed by atoms with E-state index in [0.29, 0.717) is 17.0 Å². The lowest BCUT2D eigenvalue weighted by Crippen LogP contribution is -2.29. The van der Waals surface area contributed by atoms with Crippen LogP contribution >= 0.6 is 0 Å². The Balaban J connectivity index is 1.22. The Morgan fingerprint density at radius 1 is 0.733 bits per heavy atom.